The predicted molar refractivity (Wildman–Crippen MR) is 343 cm³/mol. The normalized spacial score (nSPS) is 28.5. The largest absolute Gasteiger partial charge is 0.477 e. The smallest absolute Gasteiger partial charge is 0.364 e. The molecule has 18 atom stereocenters. The number of allylic oxidation sites excluding steroid dienone is 3. The summed E-state index contributed by atoms with van der Waals surface area (Å²) in [5, 5.41) is 136. The summed E-state index contributed by atoms with van der Waals surface area (Å²) in [6, 6.07) is -2.62. The second-order valence-corrected chi connectivity index (χ2v) is 25.7. The van der Waals surface area contributed by atoms with Crippen molar-refractivity contribution in [3.05, 3.63) is 24.3 Å². The van der Waals surface area contributed by atoms with Gasteiger partial charge in [0, 0.05) is 19.8 Å². The molecule has 0 aliphatic carbocycles. The summed E-state index contributed by atoms with van der Waals surface area (Å²) < 4.78 is 34.8. The molecule has 91 heavy (non-hydrogen) atoms. The highest BCUT2D eigenvalue weighted by atomic mass is 16.8. The van der Waals surface area contributed by atoms with E-state index in [-0.39, 0.29) is 12.3 Å². The number of hydrogen-bond acceptors (Lipinski definition) is 20. The van der Waals surface area contributed by atoms with Gasteiger partial charge in [0.2, 0.25) is 11.8 Å². The maximum atomic E-state index is 13.5. The molecular weight excluding hydrogens is 1180 g/mol. The second kappa shape index (κ2) is 48.8. The van der Waals surface area contributed by atoms with Gasteiger partial charge in [-0.2, -0.15) is 0 Å². The number of aliphatic carboxylic acids is 1. The first-order valence-corrected chi connectivity index (χ1v) is 35.2. The molecule has 532 valence electrons. The van der Waals surface area contributed by atoms with Crippen molar-refractivity contribution in [2.75, 3.05) is 26.4 Å². The summed E-state index contributed by atoms with van der Waals surface area (Å²) in [7, 11) is 0. The van der Waals surface area contributed by atoms with Gasteiger partial charge in [-0.1, -0.05) is 212 Å². The number of nitrogens with one attached hydrogen (secondary N) is 2. The first kappa shape index (κ1) is 82.4. The number of aliphatic hydroxyl groups is 11. The van der Waals surface area contributed by atoms with E-state index in [1.54, 1.807) is 6.08 Å². The molecular formula is C68H124N2O21. The Labute approximate surface area is 543 Å². The molecule has 0 aromatic heterocycles. The van der Waals surface area contributed by atoms with Gasteiger partial charge in [0.15, 0.2) is 12.6 Å². The number of ether oxygens (including phenoxy) is 6. The summed E-state index contributed by atoms with van der Waals surface area (Å²) >= 11 is 0. The van der Waals surface area contributed by atoms with E-state index in [4.69, 9.17) is 28.4 Å². The minimum atomic E-state index is -3.08. The molecule has 0 spiro atoms. The van der Waals surface area contributed by atoms with Crippen LogP contribution in [0.15, 0.2) is 24.3 Å². The first-order valence-electron chi connectivity index (χ1n) is 35.2. The molecule has 23 nitrogen and oxygen atoms in total. The molecule has 18 unspecified atom stereocenters. The monoisotopic (exact) mass is 1300 g/mol. The average Bonchev–Trinajstić information content (AvgIpc) is 0.765. The van der Waals surface area contributed by atoms with E-state index in [0.717, 1.165) is 77.6 Å². The topological polar surface area (TPSA) is 373 Å². The molecule has 0 saturated carbocycles. The Morgan fingerprint density at radius 3 is 1.49 bits per heavy atom. The molecule has 14 N–H and O–H groups in total. The van der Waals surface area contributed by atoms with Crippen LogP contribution in [0.2, 0.25) is 0 Å². The van der Waals surface area contributed by atoms with E-state index in [1.165, 1.54) is 135 Å². The number of unbranched alkanes of at least 4 members (excludes halogenated alkanes) is 31. The highest BCUT2D eigenvalue weighted by molar-refractivity contribution is 5.77. The van der Waals surface area contributed by atoms with Crippen molar-refractivity contribution in [3.8, 4) is 0 Å². The molecule has 0 bridgehead atoms. The van der Waals surface area contributed by atoms with Crippen molar-refractivity contribution in [2.45, 2.75) is 362 Å². The molecule has 3 fully saturated rings. The van der Waals surface area contributed by atoms with Crippen molar-refractivity contribution >= 4 is 17.8 Å². The molecule has 3 saturated heterocycles. The van der Waals surface area contributed by atoms with E-state index in [2.05, 4.69) is 36.6 Å². The zero-order chi connectivity index (χ0) is 66.8. The van der Waals surface area contributed by atoms with Crippen LogP contribution in [0.3, 0.4) is 0 Å². The zero-order valence-corrected chi connectivity index (χ0v) is 55.4. The average molecular weight is 1310 g/mol. The van der Waals surface area contributed by atoms with Crippen molar-refractivity contribution < 1.29 is 104 Å². The molecule has 3 aliphatic rings. The van der Waals surface area contributed by atoms with Gasteiger partial charge in [0.25, 0.3) is 5.79 Å². The van der Waals surface area contributed by atoms with Crippen LogP contribution in [0.25, 0.3) is 0 Å². The summed E-state index contributed by atoms with van der Waals surface area (Å²) in [6.07, 6.45) is 19.3. The van der Waals surface area contributed by atoms with Crippen LogP contribution in [0.1, 0.15) is 252 Å². The van der Waals surface area contributed by atoms with Crippen molar-refractivity contribution in [1.82, 2.24) is 10.6 Å². The van der Waals surface area contributed by atoms with Crippen LogP contribution in [0.4, 0.5) is 0 Å². The minimum Gasteiger partial charge on any atom is -0.477 e. The lowest BCUT2D eigenvalue weighted by molar-refractivity contribution is -0.386. The zero-order valence-electron chi connectivity index (χ0n) is 55.4. The molecule has 3 aliphatic heterocycles. The number of hydrogen-bond donors (Lipinski definition) is 14. The van der Waals surface area contributed by atoms with Gasteiger partial charge in [0.1, 0.15) is 67.1 Å². The highest BCUT2D eigenvalue weighted by Crippen LogP contribution is 2.39. The Morgan fingerprint density at radius 1 is 0.571 bits per heavy atom. The van der Waals surface area contributed by atoms with Gasteiger partial charge in [-0.15, -0.1) is 0 Å². The third-order valence-electron chi connectivity index (χ3n) is 17.9. The molecule has 3 rings (SSSR count). The van der Waals surface area contributed by atoms with Crippen LogP contribution in [-0.4, -0.2) is 215 Å². The lowest BCUT2D eigenvalue weighted by atomic mass is 9.88. The highest BCUT2D eigenvalue weighted by Gasteiger charge is 2.60. The molecule has 0 aromatic carbocycles. The second-order valence-electron chi connectivity index (χ2n) is 25.7. The number of carboxylic acids is 1. The summed E-state index contributed by atoms with van der Waals surface area (Å²) in [6.45, 7) is 2.14. The fourth-order valence-corrected chi connectivity index (χ4v) is 12.2. The number of rotatable bonds is 53. The maximum Gasteiger partial charge on any atom is 0.364 e. The van der Waals surface area contributed by atoms with Crippen molar-refractivity contribution in [2.24, 2.45) is 0 Å². The van der Waals surface area contributed by atoms with Gasteiger partial charge in [-0.3, -0.25) is 9.59 Å². The Morgan fingerprint density at radius 2 is 1.03 bits per heavy atom. The minimum absolute atomic E-state index is 0.196. The van der Waals surface area contributed by atoms with E-state index in [0.29, 0.717) is 12.8 Å². The Kier molecular flexibility index (Phi) is 44.2. The molecule has 23 heteroatoms. The van der Waals surface area contributed by atoms with Gasteiger partial charge in [-0.05, 0) is 44.9 Å². The SMILES string of the molecule is CCCCCCCC/C=C\CCCCCCCCCC(=O)NC(COC1OC(CO)C(OC2OC(CO)C(O)C(OC3(C(=O)O)CC(O)C(NC(C)=O)C(C(O)C(O)CO)O3)C2O)C(O)C1O)C(O)/C=C/CCCCCCCCCCCCCCCCCCCC. The molecule has 0 radical (unpaired) electrons. The number of carbonyl (C=O) groups is 3. The van der Waals surface area contributed by atoms with Gasteiger partial charge >= 0.3 is 5.97 Å². The molecule has 3 heterocycles. The maximum absolute atomic E-state index is 13.5. The third kappa shape index (κ3) is 31.3. The summed E-state index contributed by atoms with van der Waals surface area (Å²) in [5.74, 6) is -6.15. The van der Waals surface area contributed by atoms with E-state index in [1.807, 2.05) is 6.08 Å². The van der Waals surface area contributed by atoms with E-state index in [9.17, 15) is 75.7 Å². The van der Waals surface area contributed by atoms with E-state index >= 15 is 0 Å². The van der Waals surface area contributed by atoms with Gasteiger partial charge < -0.3 is 100 Å². The Hall–Kier alpha value is -2.79. The van der Waals surface area contributed by atoms with Gasteiger partial charge in [-0.25, -0.2) is 4.79 Å². The number of aliphatic hydroxyl groups excluding tert-OH is 11. The number of carbonyl (C=O) groups excluding carboxylic acids is 2. The quantitative estimate of drug-likeness (QED) is 0.0230. The molecule has 0 aromatic rings. The first-order chi connectivity index (χ1) is 43.9. The summed E-state index contributed by atoms with van der Waals surface area (Å²) in [5.41, 5.74) is 0. The predicted octanol–water partition coefficient (Wildman–Crippen LogP) is 6.45. The summed E-state index contributed by atoms with van der Waals surface area (Å²) in [4.78, 5) is 38.5. The third-order valence-corrected chi connectivity index (χ3v) is 17.9. The Bertz CT molecular complexity index is 1940. The lowest BCUT2D eigenvalue weighted by Gasteiger charge is -2.50. The fraction of sp³-hybridized carbons (Fsp3) is 0.897. The molecule has 2 amide bonds. The Balaban J connectivity index is 1.61. The van der Waals surface area contributed by atoms with Crippen LogP contribution in [0.5, 0.6) is 0 Å². The number of carboxylic acid groups (broad SMARTS) is 1. The lowest BCUT2D eigenvalue weighted by Crippen LogP contribution is -2.70. The van der Waals surface area contributed by atoms with E-state index < -0.39 is 155 Å². The van der Waals surface area contributed by atoms with Crippen LogP contribution in [-0.2, 0) is 42.8 Å². The van der Waals surface area contributed by atoms with Crippen molar-refractivity contribution in [1.29, 1.82) is 0 Å². The van der Waals surface area contributed by atoms with Crippen LogP contribution >= 0.6 is 0 Å². The van der Waals surface area contributed by atoms with Crippen LogP contribution in [0, 0.1) is 0 Å². The fourth-order valence-electron chi connectivity index (χ4n) is 12.2. The standard InChI is InChI=1S/C68H124N2O21/c1-4-6-8-10-12-14-16-18-20-22-23-24-26-27-29-31-33-35-37-39-41-50(75)49(70-55(78)42-40-38-36-34-32-30-28-25-21-19-17-15-13-11-9-7-5-2)47-86-65-60(82)59(81)62(54(46-73)88-65)89-66-61(83)64(58(80)53(45-72)87-66)91-68(67(84)85)43-51(76)56(69-48(3)74)63(90-68)57(79)52(77)44-71/h19,21,39,41,49-54,56-66,71-73,75-77,79-83H,4-18,20,22-38,40,42-47H2,1-3H3,(H,69,74)(H,70,78)(H,84,85)/b21-19-,41-39+. The van der Waals surface area contributed by atoms with Gasteiger partial charge in [0.05, 0.1) is 50.7 Å². The number of amides is 2. The van der Waals surface area contributed by atoms with Crippen LogP contribution < -0.4 is 10.6 Å². The van der Waals surface area contributed by atoms with Crippen molar-refractivity contribution in [3.63, 3.8) is 0 Å².